The average molecular weight is 547 g/mol. The largest absolute Gasteiger partial charge is 0.464 e. The van der Waals surface area contributed by atoms with Crippen molar-refractivity contribution >= 4 is 34.7 Å². The van der Waals surface area contributed by atoms with Crippen molar-refractivity contribution in [3.63, 3.8) is 0 Å². The first-order valence-corrected chi connectivity index (χ1v) is 11.3. The molecule has 6 nitrogen and oxygen atoms in total. The standard InChI is InChI=1S/C26H18IN3O3/c1-16-13-18(17(2)30(16)20-9-7-19(27)8-10-20)15-29-26-21(14-28)24(22-5-3-11-31-22)25(33-26)23-6-4-12-32-23/h3-13,15H,1-2H3. The molecule has 33 heavy (non-hydrogen) atoms. The fraction of sp³-hybridized carbons (Fsp3) is 0.0769. The number of nitrogens with zero attached hydrogens (tertiary/aromatic N) is 3. The quantitative estimate of drug-likeness (QED) is 0.169. The molecule has 4 aromatic heterocycles. The second-order valence-electron chi connectivity index (χ2n) is 7.45. The number of halogens is 1. The summed E-state index contributed by atoms with van der Waals surface area (Å²) in [6.07, 6.45) is 4.83. The number of hydrogen-bond acceptors (Lipinski definition) is 5. The highest BCUT2D eigenvalue weighted by Crippen LogP contribution is 2.42. The molecule has 4 heterocycles. The summed E-state index contributed by atoms with van der Waals surface area (Å²) >= 11 is 2.30. The highest BCUT2D eigenvalue weighted by molar-refractivity contribution is 14.1. The Bertz CT molecular complexity index is 1480. The zero-order chi connectivity index (χ0) is 22.9. The molecule has 1 aromatic carbocycles. The Kier molecular flexibility index (Phi) is 5.52. The van der Waals surface area contributed by atoms with Crippen LogP contribution in [0, 0.1) is 28.7 Å². The Morgan fingerprint density at radius 3 is 2.33 bits per heavy atom. The minimum atomic E-state index is 0.203. The molecule has 0 aliphatic heterocycles. The second-order valence-corrected chi connectivity index (χ2v) is 8.69. The zero-order valence-electron chi connectivity index (χ0n) is 17.9. The lowest BCUT2D eigenvalue weighted by atomic mass is 10.1. The molecule has 162 valence electrons. The second kappa shape index (κ2) is 8.64. The van der Waals surface area contributed by atoms with E-state index in [2.05, 4.69) is 75.5 Å². The van der Waals surface area contributed by atoms with E-state index < -0.39 is 0 Å². The first-order valence-electron chi connectivity index (χ1n) is 10.2. The van der Waals surface area contributed by atoms with Crippen LogP contribution in [-0.4, -0.2) is 10.8 Å². The van der Waals surface area contributed by atoms with Crippen LogP contribution in [-0.2, 0) is 0 Å². The van der Waals surface area contributed by atoms with Crippen LogP contribution >= 0.6 is 22.6 Å². The van der Waals surface area contributed by atoms with Gasteiger partial charge in [0.25, 0.3) is 0 Å². The van der Waals surface area contributed by atoms with Crippen molar-refractivity contribution in [2.45, 2.75) is 13.8 Å². The summed E-state index contributed by atoms with van der Waals surface area (Å²) in [5.74, 6) is 1.62. The average Bonchev–Trinajstić information content (AvgIpc) is 3.60. The molecule has 0 spiro atoms. The molecular formula is C26H18IN3O3. The van der Waals surface area contributed by atoms with Crippen molar-refractivity contribution in [3.05, 3.63) is 93.2 Å². The van der Waals surface area contributed by atoms with Gasteiger partial charge in [0, 0.05) is 32.4 Å². The molecule has 0 aliphatic carbocycles. The molecule has 0 radical (unpaired) electrons. The van der Waals surface area contributed by atoms with Crippen molar-refractivity contribution in [1.82, 2.24) is 4.57 Å². The van der Waals surface area contributed by atoms with E-state index in [1.165, 1.54) is 3.57 Å². The van der Waals surface area contributed by atoms with Gasteiger partial charge in [-0.25, -0.2) is 4.99 Å². The molecule has 0 bridgehead atoms. The fourth-order valence-corrected chi connectivity index (χ4v) is 4.24. The van der Waals surface area contributed by atoms with E-state index in [1.54, 1.807) is 43.0 Å². The number of furan rings is 3. The third kappa shape index (κ3) is 3.83. The van der Waals surface area contributed by atoms with Gasteiger partial charge in [0.1, 0.15) is 17.4 Å². The Morgan fingerprint density at radius 1 is 1.00 bits per heavy atom. The van der Waals surface area contributed by atoms with Crippen molar-refractivity contribution in [3.8, 4) is 34.6 Å². The summed E-state index contributed by atoms with van der Waals surface area (Å²) in [7, 11) is 0. The summed E-state index contributed by atoms with van der Waals surface area (Å²) in [4.78, 5) is 4.56. The van der Waals surface area contributed by atoms with Gasteiger partial charge in [0.05, 0.1) is 18.1 Å². The summed E-state index contributed by atoms with van der Waals surface area (Å²) < 4.78 is 20.5. The number of hydrogen-bond donors (Lipinski definition) is 0. The lowest BCUT2D eigenvalue weighted by Gasteiger charge is -2.09. The van der Waals surface area contributed by atoms with E-state index in [4.69, 9.17) is 13.3 Å². The molecule has 0 saturated heterocycles. The van der Waals surface area contributed by atoms with Crippen molar-refractivity contribution < 1.29 is 13.3 Å². The van der Waals surface area contributed by atoms with E-state index in [1.807, 2.05) is 6.92 Å². The fourth-order valence-electron chi connectivity index (χ4n) is 3.88. The van der Waals surface area contributed by atoms with Gasteiger partial charge in [-0.2, -0.15) is 5.26 Å². The van der Waals surface area contributed by atoms with E-state index in [9.17, 15) is 5.26 Å². The van der Waals surface area contributed by atoms with Crippen LogP contribution in [0.15, 0.2) is 85.4 Å². The van der Waals surface area contributed by atoms with Crippen LogP contribution in [0.4, 0.5) is 5.88 Å². The van der Waals surface area contributed by atoms with Crippen LogP contribution in [0.25, 0.3) is 28.5 Å². The van der Waals surface area contributed by atoms with Gasteiger partial charge in [0.2, 0.25) is 5.88 Å². The van der Waals surface area contributed by atoms with Gasteiger partial charge in [-0.05, 0) is 91.0 Å². The van der Waals surface area contributed by atoms with E-state index in [-0.39, 0.29) is 5.88 Å². The third-order valence-corrected chi connectivity index (χ3v) is 6.11. The van der Waals surface area contributed by atoms with Gasteiger partial charge in [-0.1, -0.05) is 0 Å². The van der Waals surface area contributed by atoms with Crippen molar-refractivity contribution in [2.24, 2.45) is 4.99 Å². The summed E-state index contributed by atoms with van der Waals surface area (Å²) in [5, 5.41) is 9.92. The smallest absolute Gasteiger partial charge is 0.238 e. The number of rotatable bonds is 5. The van der Waals surface area contributed by atoms with Gasteiger partial charge in [0.15, 0.2) is 11.5 Å². The predicted molar refractivity (Wildman–Crippen MR) is 134 cm³/mol. The van der Waals surface area contributed by atoms with E-state index in [0.717, 1.165) is 22.6 Å². The molecule has 0 amide bonds. The lowest BCUT2D eigenvalue weighted by molar-refractivity contribution is 0.527. The highest BCUT2D eigenvalue weighted by atomic mass is 127. The Hall–Kier alpha value is -3.77. The first-order chi connectivity index (χ1) is 16.1. The number of aliphatic imine (C=N–C) groups is 1. The van der Waals surface area contributed by atoms with Gasteiger partial charge < -0.3 is 17.8 Å². The normalized spacial score (nSPS) is 11.3. The van der Waals surface area contributed by atoms with Crippen LogP contribution in [0.1, 0.15) is 22.5 Å². The molecule has 5 aromatic rings. The number of aromatic nitrogens is 1. The molecule has 0 unspecified atom stereocenters. The lowest BCUT2D eigenvalue weighted by Crippen LogP contribution is -1.99. The molecular weight excluding hydrogens is 529 g/mol. The molecule has 7 heteroatoms. The predicted octanol–water partition coefficient (Wildman–Crippen LogP) is 7.43. The maximum atomic E-state index is 9.92. The minimum Gasteiger partial charge on any atom is -0.464 e. The van der Waals surface area contributed by atoms with Crippen LogP contribution in [0.3, 0.4) is 0 Å². The SMILES string of the molecule is Cc1cc(C=Nc2oc(-c3ccco3)c(-c3ccco3)c2C#N)c(C)n1-c1ccc(I)cc1. The van der Waals surface area contributed by atoms with Crippen LogP contribution in [0.2, 0.25) is 0 Å². The summed E-state index contributed by atoms with van der Waals surface area (Å²) in [5.41, 5.74) is 4.96. The molecule has 0 atom stereocenters. The van der Waals surface area contributed by atoms with Crippen LogP contribution < -0.4 is 0 Å². The van der Waals surface area contributed by atoms with Crippen molar-refractivity contribution in [2.75, 3.05) is 0 Å². The molecule has 0 saturated carbocycles. The van der Waals surface area contributed by atoms with E-state index in [0.29, 0.717) is 28.4 Å². The highest BCUT2D eigenvalue weighted by Gasteiger charge is 2.26. The zero-order valence-corrected chi connectivity index (χ0v) is 20.0. The Labute approximate surface area is 203 Å². The number of aryl methyl sites for hydroxylation is 1. The maximum absolute atomic E-state index is 9.92. The Balaban J connectivity index is 1.59. The summed E-state index contributed by atoms with van der Waals surface area (Å²) in [6.45, 7) is 4.10. The molecule has 0 fully saturated rings. The Morgan fingerprint density at radius 2 is 1.70 bits per heavy atom. The van der Waals surface area contributed by atoms with Crippen LogP contribution in [0.5, 0.6) is 0 Å². The maximum Gasteiger partial charge on any atom is 0.238 e. The number of nitriles is 1. The van der Waals surface area contributed by atoms with Gasteiger partial charge in [-0.3, -0.25) is 0 Å². The number of benzene rings is 1. The summed E-state index contributed by atoms with van der Waals surface area (Å²) in [6, 6.07) is 19.7. The first kappa shape index (κ1) is 21.1. The third-order valence-electron chi connectivity index (χ3n) is 5.39. The van der Waals surface area contributed by atoms with Gasteiger partial charge in [-0.15, -0.1) is 0 Å². The van der Waals surface area contributed by atoms with E-state index >= 15 is 0 Å². The monoisotopic (exact) mass is 547 g/mol. The topological polar surface area (TPSA) is 80.5 Å². The molecule has 5 rings (SSSR count). The minimum absolute atomic E-state index is 0.203. The van der Waals surface area contributed by atoms with Gasteiger partial charge >= 0.3 is 0 Å². The molecule has 0 N–H and O–H groups in total. The molecule has 0 aliphatic rings. The van der Waals surface area contributed by atoms with Crippen molar-refractivity contribution in [1.29, 1.82) is 5.26 Å².